The van der Waals surface area contributed by atoms with Crippen LogP contribution < -0.4 is 10.1 Å². The first-order valence-corrected chi connectivity index (χ1v) is 8.38. The standard InChI is InChI=1S/C17H17N3O4S/c1-23-14-5-3-12(4-6-14)17-20-13(11-25-17)9-16(22)24-10-15(21)19-8-2-7-18/h3-6,11H,2,8-10H2,1H3,(H,19,21). The topological polar surface area (TPSA) is 101 Å². The Morgan fingerprint density at radius 2 is 2.08 bits per heavy atom. The van der Waals surface area contributed by atoms with E-state index in [1.54, 1.807) is 12.5 Å². The van der Waals surface area contributed by atoms with E-state index in [1.165, 1.54) is 11.3 Å². The predicted molar refractivity (Wildman–Crippen MR) is 92.0 cm³/mol. The molecule has 0 radical (unpaired) electrons. The van der Waals surface area contributed by atoms with Gasteiger partial charge in [-0.1, -0.05) is 0 Å². The van der Waals surface area contributed by atoms with Crippen LogP contribution in [0.4, 0.5) is 0 Å². The number of thiazole rings is 1. The number of hydrogen-bond donors (Lipinski definition) is 1. The molecule has 130 valence electrons. The largest absolute Gasteiger partial charge is 0.497 e. The first-order chi connectivity index (χ1) is 12.1. The molecule has 1 N–H and O–H groups in total. The van der Waals surface area contributed by atoms with Crippen LogP contribution in [0.5, 0.6) is 5.75 Å². The Labute approximate surface area is 149 Å². The second-order valence-electron chi connectivity index (χ2n) is 4.97. The molecule has 1 amide bonds. The summed E-state index contributed by atoms with van der Waals surface area (Å²) in [4.78, 5) is 27.6. The molecular weight excluding hydrogens is 342 g/mol. The smallest absolute Gasteiger partial charge is 0.312 e. The number of carbonyl (C=O) groups excluding carboxylic acids is 2. The zero-order chi connectivity index (χ0) is 18.1. The summed E-state index contributed by atoms with van der Waals surface area (Å²) in [5.74, 6) is -0.194. The number of carbonyl (C=O) groups is 2. The lowest BCUT2D eigenvalue weighted by atomic mass is 10.2. The van der Waals surface area contributed by atoms with Gasteiger partial charge in [0.25, 0.3) is 5.91 Å². The van der Waals surface area contributed by atoms with Gasteiger partial charge in [-0.05, 0) is 24.3 Å². The van der Waals surface area contributed by atoms with E-state index < -0.39 is 11.9 Å². The first kappa shape index (κ1) is 18.4. The monoisotopic (exact) mass is 359 g/mol. The molecule has 0 saturated carbocycles. The van der Waals surface area contributed by atoms with Crippen molar-refractivity contribution in [2.24, 2.45) is 0 Å². The summed E-state index contributed by atoms with van der Waals surface area (Å²) in [6, 6.07) is 9.38. The molecule has 0 unspecified atom stereocenters. The van der Waals surface area contributed by atoms with Crippen molar-refractivity contribution in [1.29, 1.82) is 5.26 Å². The molecule has 1 aromatic heterocycles. The minimum atomic E-state index is -0.526. The molecule has 2 aromatic rings. The molecule has 0 fully saturated rings. The molecule has 0 saturated heterocycles. The average molecular weight is 359 g/mol. The zero-order valence-corrected chi connectivity index (χ0v) is 14.5. The Morgan fingerprint density at radius 3 is 2.76 bits per heavy atom. The zero-order valence-electron chi connectivity index (χ0n) is 13.7. The number of nitriles is 1. The molecule has 2 rings (SSSR count). The normalized spacial score (nSPS) is 9.92. The van der Waals surface area contributed by atoms with Crippen molar-refractivity contribution in [1.82, 2.24) is 10.3 Å². The molecule has 0 aliphatic heterocycles. The van der Waals surface area contributed by atoms with Gasteiger partial charge in [-0.25, -0.2) is 4.98 Å². The van der Waals surface area contributed by atoms with Crippen LogP contribution in [0.2, 0.25) is 0 Å². The average Bonchev–Trinajstić information content (AvgIpc) is 3.08. The van der Waals surface area contributed by atoms with Crippen LogP contribution in [0.3, 0.4) is 0 Å². The minimum absolute atomic E-state index is 0.00185. The van der Waals surface area contributed by atoms with Gasteiger partial charge in [-0.15, -0.1) is 11.3 Å². The van der Waals surface area contributed by atoms with Crippen molar-refractivity contribution in [2.75, 3.05) is 20.3 Å². The summed E-state index contributed by atoms with van der Waals surface area (Å²) in [5, 5.41) is 13.4. The molecule has 0 aliphatic carbocycles. The number of ether oxygens (including phenoxy) is 2. The highest BCUT2D eigenvalue weighted by atomic mass is 32.1. The van der Waals surface area contributed by atoms with E-state index in [4.69, 9.17) is 14.7 Å². The van der Waals surface area contributed by atoms with Gasteiger partial charge in [0.15, 0.2) is 6.61 Å². The molecule has 1 heterocycles. The minimum Gasteiger partial charge on any atom is -0.497 e. The molecule has 0 aliphatic rings. The molecule has 0 spiro atoms. The third-order valence-electron chi connectivity index (χ3n) is 3.14. The maximum absolute atomic E-state index is 11.8. The fourth-order valence-electron chi connectivity index (χ4n) is 1.91. The highest BCUT2D eigenvalue weighted by molar-refractivity contribution is 7.13. The lowest BCUT2D eigenvalue weighted by Crippen LogP contribution is -2.29. The third-order valence-corrected chi connectivity index (χ3v) is 4.08. The van der Waals surface area contributed by atoms with Crippen molar-refractivity contribution in [3.05, 3.63) is 35.3 Å². The Morgan fingerprint density at radius 1 is 1.32 bits per heavy atom. The lowest BCUT2D eigenvalue weighted by molar-refractivity contribution is -0.147. The Balaban J connectivity index is 1.82. The Hall–Kier alpha value is -2.92. The van der Waals surface area contributed by atoms with Crippen LogP contribution >= 0.6 is 11.3 Å². The van der Waals surface area contributed by atoms with Gasteiger partial charge in [-0.3, -0.25) is 9.59 Å². The van der Waals surface area contributed by atoms with E-state index in [0.717, 1.165) is 16.3 Å². The second-order valence-corrected chi connectivity index (χ2v) is 5.83. The third kappa shape index (κ3) is 5.90. The highest BCUT2D eigenvalue weighted by Crippen LogP contribution is 2.25. The van der Waals surface area contributed by atoms with Gasteiger partial charge >= 0.3 is 5.97 Å². The highest BCUT2D eigenvalue weighted by Gasteiger charge is 2.12. The SMILES string of the molecule is COc1ccc(-c2nc(CC(=O)OCC(=O)NCCC#N)cs2)cc1. The van der Waals surface area contributed by atoms with Gasteiger partial charge in [0, 0.05) is 17.5 Å². The quantitative estimate of drug-likeness (QED) is 0.571. The van der Waals surface area contributed by atoms with E-state index in [2.05, 4.69) is 10.3 Å². The van der Waals surface area contributed by atoms with Gasteiger partial charge in [0.2, 0.25) is 0 Å². The summed E-state index contributed by atoms with van der Waals surface area (Å²) in [6.07, 6.45) is 0.213. The number of nitrogens with one attached hydrogen (secondary N) is 1. The van der Waals surface area contributed by atoms with Crippen LogP contribution in [-0.4, -0.2) is 37.1 Å². The summed E-state index contributed by atoms with van der Waals surface area (Å²) < 4.78 is 10.0. The van der Waals surface area contributed by atoms with Crippen LogP contribution in [-0.2, 0) is 20.7 Å². The lowest BCUT2D eigenvalue weighted by Gasteiger charge is -2.04. The Bertz CT molecular complexity index is 765. The number of amides is 1. The number of aromatic nitrogens is 1. The van der Waals surface area contributed by atoms with E-state index in [1.807, 2.05) is 30.3 Å². The fraction of sp³-hybridized carbons (Fsp3) is 0.294. The molecule has 7 nitrogen and oxygen atoms in total. The van der Waals surface area contributed by atoms with E-state index in [9.17, 15) is 9.59 Å². The van der Waals surface area contributed by atoms with Crippen LogP contribution in [0, 0.1) is 11.3 Å². The Kier molecular flexibility index (Phi) is 6.92. The van der Waals surface area contributed by atoms with Crippen LogP contribution in [0.15, 0.2) is 29.6 Å². The summed E-state index contributed by atoms with van der Waals surface area (Å²) >= 11 is 1.43. The van der Waals surface area contributed by atoms with Crippen molar-refractivity contribution in [3.8, 4) is 22.4 Å². The fourth-order valence-corrected chi connectivity index (χ4v) is 2.73. The van der Waals surface area contributed by atoms with Crippen molar-refractivity contribution >= 4 is 23.2 Å². The van der Waals surface area contributed by atoms with Crippen LogP contribution in [0.25, 0.3) is 10.6 Å². The summed E-state index contributed by atoms with van der Waals surface area (Å²) in [7, 11) is 1.60. The number of esters is 1. The van der Waals surface area contributed by atoms with Gasteiger partial charge < -0.3 is 14.8 Å². The van der Waals surface area contributed by atoms with Crippen molar-refractivity contribution in [2.45, 2.75) is 12.8 Å². The number of benzene rings is 1. The number of nitrogens with zero attached hydrogens (tertiary/aromatic N) is 2. The summed E-state index contributed by atoms with van der Waals surface area (Å²) in [5.41, 5.74) is 1.52. The van der Waals surface area contributed by atoms with Gasteiger partial charge in [0.05, 0.1) is 31.7 Å². The maximum Gasteiger partial charge on any atom is 0.312 e. The predicted octanol–water partition coefficient (Wildman–Crippen LogP) is 1.93. The van der Waals surface area contributed by atoms with E-state index in [-0.39, 0.29) is 26.0 Å². The van der Waals surface area contributed by atoms with Crippen molar-refractivity contribution in [3.63, 3.8) is 0 Å². The molecule has 1 aromatic carbocycles. The molecule has 0 bridgehead atoms. The molecular formula is C17H17N3O4S. The summed E-state index contributed by atoms with van der Waals surface area (Å²) in [6.45, 7) is -0.121. The van der Waals surface area contributed by atoms with Gasteiger partial charge in [0.1, 0.15) is 10.8 Å². The van der Waals surface area contributed by atoms with Gasteiger partial charge in [-0.2, -0.15) is 5.26 Å². The maximum atomic E-state index is 11.8. The van der Waals surface area contributed by atoms with E-state index in [0.29, 0.717) is 5.69 Å². The molecule has 25 heavy (non-hydrogen) atoms. The van der Waals surface area contributed by atoms with Crippen LogP contribution in [0.1, 0.15) is 12.1 Å². The number of rotatable bonds is 8. The first-order valence-electron chi connectivity index (χ1n) is 7.50. The molecule has 8 heteroatoms. The number of methoxy groups -OCH3 is 1. The second kappa shape index (κ2) is 9.39. The van der Waals surface area contributed by atoms with Crippen molar-refractivity contribution < 1.29 is 19.1 Å². The number of hydrogen-bond acceptors (Lipinski definition) is 7. The van der Waals surface area contributed by atoms with E-state index >= 15 is 0 Å². The molecule has 0 atom stereocenters.